The molecule has 0 bridgehead atoms. The fourth-order valence-electron chi connectivity index (χ4n) is 15.6. The number of hydrogen-bond acceptors (Lipinski definition) is 1. The molecule has 1 heteroatoms. The lowest BCUT2D eigenvalue weighted by molar-refractivity contribution is 0.353. The summed E-state index contributed by atoms with van der Waals surface area (Å²) in [4.78, 5) is 2.71. The number of nitrogens with zero attached hydrogens (tertiary/aromatic N) is 1. The van der Waals surface area contributed by atoms with Gasteiger partial charge in [-0.1, -0.05) is 232 Å². The van der Waals surface area contributed by atoms with Crippen molar-refractivity contribution in [2.24, 2.45) is 0 Å². The number of fused-ring (bicyclic) bond motifs is 24. The molecule has 0 aromatic heterocycles. The molecule has 4 aliphatic carbocycles. The number of hydrogen-bond donors (Lipinski definition) is 0. The normalized spacial score (nSPS) is 15.1. The Morgan fingerprint density at radius 2 is 0.750 bits per heavy atom. The molecule has 1 fully saturated rings. The lowest BCUT2D eigenvalue weighted by atomic mass is 9.68. The summed E-state index contributed by atoms with van der Waals surface area (Å²) in [6, 6.07) is 95.8. The zero-order valence-corrected chi connectivity index (χ0v) is 42.2. The lowest BCUT2D eigenvalue weighted by Gasteiger charge is -2.37. The second kappa shape index (κ2) is 15.7. The highest BCUT2D eigenvalue weighted by atomic mass is 15.1. The van der Waals surface area contributed by atoms with Crippen LogP contribution in [0, 0.1) is 0 Å². The van der Waals surface area contributed by atoms with Gasteiger partial charge in [-0.05, 0) is 170 Å². The summed E-state index contributed by atoms with van der Waals surface area (Å²) in [5.41, 5.74) is 21.7. The van der Waals surface area contributed by atoms with E-state index in [1.807, 2.05) is 0 Å². The van der Waals surface area contributed by atoms with Crippen LogP contribution in [0.25, 0.3) is 98.4 Å². The minimum absolute atomic E-state index is 0.0252. The van der Waals surface area contributed by atoms with Gasteiger partial charge in [-0.15, -0.1) is 0 Å². The molecule has 0 N–H and O–H groups in total. The van der Waals surface area contributed by atoms with E-state index in [2.05, 4.69) is 254 Å². The van der Waals surface area contributed by atoms with Gasteiger partial charge in [-0.2, -0.15) is 0 Å². The van der Waals surface area contributed by atoms with E-state index >= 15 is 0 Å². The van der Waals surface area contributed by atoms with Crippen LogP contribution in [0.4, 0.5) is 17.1 Å². The van der Waals surface area contributed by atoms with Crippen molar-refractivity contribution in [3.05, 3.63) is 282 Å². The number of rotatable bonds is 4. The quantitative estimate of drug-likeness (QED) is 0.159. The van der Waals surface area contributed by atoms with Crippen molar-refractivity contribution in [2.75, 3.05) is 4.90 Å². The minimum atomic E-state index is -0.542. The van der Waals surface area contributed by atoms with Crippen molar-refractivity contribution in [3.8, 4) is 44.5 Å². The summed E-state index contributed by atoms with van der Waals surface area (Å²) in [7, 11) is 0. The summed E-state index contributed by atoms with van der Waals surface area (Å²) in [6.45, 7) is 0. The number of anilines is 3. The maximum atomic E-state index is 2.71. The molecule has 0 amide bonds. The highest BCUT2D eigenvalue weighted by Crippen LogP contribution is 2.66. The van der Waals surface area contributed by atoms with E-state index in [9.17, 15) is 0 Å². The average molecular weight is 966 g/mol. The van der Waals surface area contributed by atoms with Gasteiger partial charge < -0.3 is 4.90 Å². The van der Waals surface area contributed by atoms with Crippen LogP contribution < -0.4 is 4.90 Å². The van der Waals surface area contributed by atoms with Crippen LogP contribution in [0.3, 0.4) is 0 Å². The molecular weight excluding hydrogens is 915 g/mol. The molecule has 76 heavy (non-hydrogen) atoms. The first-order valence-corrected chi connectivity index (χ1v) is 27.5. The minimum Gasteiger partial charge on any atom is -0.309 e. The molecule has 0 heterocycles. The fraction of sp³-hybridized carbons (Fsp3) is 0.0933. The van der Waals surface area contributed by atoms with Crippen molar-refractivity contribution in [2.45, 2.75) is 42.9 Å². The van der Waals surface area contributed by atoms with Crippen molar-refractivity contribution in [1.82, 2.24) is 0 Å². The predicted molar refractivity (Wildman–Crippen MR) is 320 cm³/mol. The molecule has 4 aliphatic rings. The van der Waals surface area contributed by atoms with Gasteiger partial charge in [0.2, 0.25) is 0 Å². The van der Waals surface area contributed by atoms with Gasteiger partial charge in [0.1, 0.15) is 0 Å². The van der Waals surface area contributed by atoms with Gasteiger partial charge in [-0.25, -0.2) is 0 Å². The third-order valence-corrected chi connectivity index (χ3v) is 18.6. The molecule has 1 nitrogen and oxygen atoms in total. The number of benzene rings is 13. The lowest BCUT2D eigenvalue weighted by Crippen LogP contribution is -2.28. The Kier molecular flexibility index (Phi) is 8.77. The first kappa shape index (κ1) is 42.3. The molecule has 13 aromatic carbocycles. The summed E-state index contributed by atoms with van der Waals surface area (Å²) in [5.74, 6) is 0. The summed E-state index contributed by atoms with van der Waals surface area (Å²) >= 11 is 0. The Morgan fingerprint density at radius 3 is 1.39 bits per heavy atom. The Labute approximate surface area is 443 Å². The van der Waals surface area contributed by atoms with Gasteiger partial charge in [0.25, 0.3) is 0 Å². The fourth-order valence-corrected chi connectivity index (χ4v) is 15.6. The van der Waals surface area contributed by atoms with E-state index in [1.54, 1.807) is 0 Å². The molecule has 0 radical (unpaired) electrons. The maximum Gasteiger partial charge on any atom is 0.0726 e. The van der Waals surface area contributed by atoms with Crippen molar-refractivity contribution in [1.29, 1.82) is 0 Å². The van der Waals surface area contributed by atoms with Crippen molar-refractivity contribution in [3.63, 3.8) is 0 Å². The predicted octanol–water partition coefficient (Wildman–Crippen LogP) is 20.2. The topological polar surface area (TPSA) is 3.24 Å². The van der Waals surface area contributed by atoms with E-state index in [0.29, 0.717) is 0 Å². The molecule has 17 rings (SSSR count). The standard InChI is InChI=1S/C75H51N/c1-18-41-74(42-19-1)65-33-14-13-32-60(65)73-69(74)37-20-38-71(73)76(48-39-40-56-53-26-6-5-24-51(53)52-25-7-9-28-55(52)62(56)44-48)72-46-70-63(45-64(72)61-43-47-21-2-3-22-49(47)50-23-4-8-27-54(50)61)59-31-12-17-36-68(59)75(70)66-34-15-10-29-57(66)58-30-11-16-35-67(58)75/h2-17,20-40,43-46H,1,18-19,41-42H2. The summed E-state index contributed by atoms with van der Waals surface area (Å²) in [5, 5.41) is 12.7. The smallest absolute Gasteiger partial charge is 0.0726 e. The highest BCUT2D eigenvalue weighted by Gasteiger charge is 2.52. The van der Waals surface area contributed by atoms with Gasteiger partial charge in [-0.3, -0.25) is 0 Å². The molecule has 0 saturated heterocycles. The van der Waals surface area contributed by atoms with Gasteiger partial charge in [0.05, 0.1) is 16.8 Å². The third kappa shape index (κ3) is 5.49. The molecule has 13 aromatic rings. The Morgan fingerprint density at radius 1 is 0.263 bits per heavy atom. The van der Waals surface area contributed by atoms with E-state index < -0.39 is 5.41 Å². The molecule has 0 aliphatic heterocycles. The van der Waals surface area contributed by atoms with Crippen LogP contribution in [0.5, 0.6) is 0 Å². The SMILES string of the molecule is c1ccc2c(c1)-c1c(N(c3ccc4c5ccccc5c5ccccc5c4c3)c3cc4c(cc3-c3cc5ccccc5c5ccccc35)-c3ccccc3C43c4ccccc4-c4ccccc43)cccc1C21CCCCC1. The first-order valence-electron chi connectivity index (χ1n) is 27.5. The summed E-state index contributed by atoms with van der Waals surface area (Å²) in [6.07, 6.45) is 6.11. The van der Waals surface area contributed by atoms with E-state index in [0.717, 1.165) is 5.69 Å². The Hall–Kier alpha value is -9.04. The van der Waals surface area contributed by atoms with Gasteiger partial charge >= 0.3 is 0 Å². The van der Waals surface area contributed by atoms with Crippen LogP contribution in [-0.4, -0.2) is 0 Å². The first-order chi connectivity index (χ1) is 37.7. The monoisotopic (exact) mass is 965 g/mol. The van der Waals surface area contributed by atoms with Crippen molar-refractivity contribution < 1.29 is 0 Å². The average Bonchev–Trinajstić information content (AvgIpc) is 4.28. The zero-order valence-electron chi connectivity index (χ0n) is 42.2. The van der Waals surface area contributed by atoms with Crippen LogP contribution in [0.15, 0.2) is 249 Å². The second-order valence-corrected chi connectivity index (χ2v) is 22.0. The van der Waals surface area contributed by atoms with Crippen molar-refractivity contribution >= 4 is 70.9 Å². The largest absolute Gasteiger partial charge is 0.309 e. The van der Waals surface area contributed by atoms with Crippen LogP contribution >= 0.6 is 0 Å². The molecule has 0 unspecified atom stereocenters. The molecule has 356 valence electrons. The molecule has 2 spiro atoms. The van der Waals surface area contributed by atoms with Crippen LogP contribution in [-0.2, 0) is 10.8 Å². The van der Waals surface area contributed by atoms with E-state index in [1.165, 1.54) is 175 Å². The van der Waals surface area contributed by atoms with E-state index in [4.69, 9.17) is 0 Å². The second-order valence-electron chi connectivity index (χ2n) is 22.0. The third-order valence-electron chi connectivity index (χ3n) is 18.6. The molecule has 0 atom stereocenters. The van der Waals surface area contributed by atoms with Crippen LogP contribution in [0.1, 0.15) is 65.5 Å². The molecular formula is C75H51N. The Balaban J connectivity index is 1.06. The Bertz CT molecular complexity index is 4560. The van der Waals surface area contributed by atoms with Gasteiger partial charge in [0, 0.05) is 22.2 Å². The highest BCUT2D eigenvalue weighted by molar-refractivity contribution is 6.26. The van der Waals surface area contributed by atoms with Crippen LogP contribution in [0.2, 0.25) is 0 Å². The van der Waals surface area contributed by atoms with Gasteiger partial charge in [0.15, 0.2) is 0 Å². The summed E-state index contributed by atoms with van der Waals surface area (Å²) < 4.78 is 0. The zero-order chi connectivity index (χ0) is 49.7. The van der Waals surface area contributed by atoms with E-state index in [-0.39, 0.29) is 5.41 Å². The molecule has 1 saturated carbocycles. The maximum absolute atomic E-state index is 2.71.